The summed E-state index contributed by atoms with van der Waals surface area (Å²) in [4.78, 5) is 4.47. The van der Waals surface area contributed by atoms with Crippen LogP contribution in [0.5, 0.6) is 0 Å². The van der Waals surface area contributed by atoms with Crippen LogP contribution in [-0.4, -0.2) is 20.3 Å². The van der Waals surface area contributed by atoms with Gasteiger partial charge in [0.05, 0.1) is 5.25 Å². The molecule has 7 heteroatoms. The normalized spacial score (nSPS) is 12.2. The van der Waals surface area contributed by atoms with Crippen molar-refractivity contribution in [3.05, 3.63) is 66.1 Å². The van der Waals surface area contributed by atoms with Crippen molar-refractivity contribution in [2.75, 3.05) is 0 Å². The molecule has 0 aliphatic rings. The molecule has 4 rings (SSSR count). The maximum atomic E-state index is 5.79. The summed E-state index contributed by atoms with van der Waals surface area (Å²) < 4.78 is 11.2. The fraction of sp³-hybridized carbons (Fsp3) is 0.158. The average Bonchev–Trinajstić information content (AvgIpc) is 3.33. The van der Waals surface area contributed by atoms with Crippen LogP contribution in [0.25, 0.3) is 22.8 Å². The predicted octanol–water partition coefficient (Wildman–Crippen LogP) is 4.95. The number of rotatable bonds is 5. The average molecular weight is 364 g/mol. The molecule has 6 nitrogen and oxygen atoms in total. The Bertz CT molecular complexity index is 1010. The van der Waals surface area contributed by atoms with Crippen molar-refractivity contribution in [2.45, 2.75) is 24.3 Å². The molecule has 0 N–H and O–H groups in total. The first-order valence-electron chi connectivity index (χ1n) is 8.16. The quantitative estimate of drug-likeness (QED) is 0.464. The lowest BCUT2D eigenvalue weighted by Crippen LogP contribution is -1.89. The van der Waals surface area contributed by atoms with E-state index in [1.807, 2.05) is 68.4 Å². The Morgan fingerprint density at radius 2 is 1.73 bits per heavy atom. The summed E-state index contributed by atoms with van der Waals surface area (Å²) in [6.45, 7) is 3.98. The van der Waals surface area contributed by atoms with Crippen molar-refractivity contribution in [3.63, 3.8) is 0 Å². The lowest BCUT2D eigenvalue weighted by molar-refractivity contribution is 0.379. The molecule has 0 bridgehead atoms. The molecule has 0 radical (unpaired) electrons. The van der Waals surface area contributed by atoms with E-state index in [1.165, 1.54) is 11.8 Å². The molecule has 4 aromatic rings. The molecule has 2 aromatic heterocycles. The van der Waals surface area contributed by atoms with Crippen molar-refractivity contribution < 1.29 is 8.94 Å². The van der Waals surface area contributed by atoms with E-state index in [0.717, 1.165) is 16.7 Å². The molecule has 1 atom stereocenters. The second-order valence-electron chi connectivity index (χ2n) is 5.77. The second kappa shape index (κ2) is 7.13. The molecule has 0 saturated heterocycles. The molecule has 0 aliphatic heterocycles. The third kappa shape index (κ3) is 3.39. The predicted molar refractivity (Wildman–Crippen MR) is 98.5 cm³/mol. The Balaban J connectivity index is 1.50. The number of aryl methyl sites for hydroxylation is 1. The van der Waals surface area contributed by atoms with Gasteiger partial charge in [0, 0.05) is 11.1 Å². The van der Waals surface area contributed by atoms with Crippen LogP contribution in [0.3, 0.4) is 0 Å². The van der Waals surface area contributed by atoms with Crippen molar-refractivity contribution in [1.29, 1.82) is 0 Å². The van der Waals surface area contributed by atoms with E-state index in [-0.39, 0.29) is 5.25 Å². The summed E-state index contributed by atoms with van der Waals surface area (Å²) in [5, 5.41) is 12.7. The minimum Gasteiger partial charge on any atom is -0.411 e. The van der Waals surface area contributed by atoms with Gasteiger partial charge in [-0.1, -0.05) is 65.4 Å². The van der Waals surface area contributed by atoms with E-state index in [1.54, 1.807) is 0 Å². The van der Waals surface area contributed by atoms with Crippen LogP contribution in [0.4, 0.5) is 0 Å². The monoisotopic (exact) mass is 364 g/mol. The molecule has 0 saturated carbocycles. The standard InChI is InChI=1S/C19H16N4O2S/c1-12-8-6-7-11-15(12)18-21-22-19(24-18)26-13(2)17-20-16(23-25-17)14-9-4-3-5-10-14/h3-11,13H,1-2H3. The Labute approximate surface area is 154 Å². The SMILES string of the molecule is Cc1ccccc1-c1nnc(SC(C)c2nc(-c3ccccc3)no2)o1. The third-order valence-electron chi connectivity index (χ3n) is 3.88. The molecule has 26 heavy (non-hydrogen) atoms. The first-order valence-corrected chi connectivity index (χ1v) is 9.04. The Kier molecular flexibility index (Phi) is 4.53. The molecule has 0 amide bonds. The number of aromatic nitrogens is 4. The zero-order chi connectivity index (χ0) is 17.9. The highest BCUT2D eigenvalue weighted by atomic mass is 32.2. The smallest absolute Gasteiger partial charge is 0.277 e. The molecular weight excluding hydrogens is 348 g/mol. The van der Waals surface area contributed by atoms with Gasteiger partial charge in [0.25, 0.3) is 5.22 Å². The number of hydrogen-bond acceptors (Lipinski definition) is 7. The highest BCUT2D eigenvalue weighted by Crippen LogP contribution is 2.35. The number of thioether (sulfide) groups is 1. The summed E-state index contributed by atoms with van der Waals surface area (Å²) in [7, 11) is 0. The fourth-order valence-electron chi connectivity index (χ4n) is 2.49. The van der Waals surface area contributed by atoms with Crippen molar-refractivity contribution in [1.82, 2.24) is 20.3 Å². The first-order chi connectivity index (χ1) is 12.7. The fourth-order valence-corrected chi connectivity index (χ4v) is 3.20. The largest absolute Gasteiger partial charge is 0.411 e. The second-order valence-corrected chi connectivity index (χ2v) is 7.06. The van der Waals surface area contributed by atoms with Crippen molar-refractivity contribution in [3.8, 4) is 22.8 Å². The van der Waals surface area contributed by atoms with Gasteiger partial charge in [-0.05, 0) is 25.5 Å². The van der Waals surface area contributed by atoms with E-state index in [9.17, 15) is 0 Å². The van der Waals surface area contributed by atoms with Crippen LogP contribution in [0.1, 0.15) is 23.6 Å². The molecule has 0 aliphatic carbocycles. The summed E-state index contributed by atoms with van der Waals surface area (Å²) in [5.74, 6) is 1.59. The molecule has 0 fully saturated rings. The maximum Gasteiger partial charge on any atom is 0.277 e. The van der Waals surface area contributed by atoms with Gasteiger partial charge in [-0.2, -0.15) is 4.98 Å². The molecule has 0 spiro atoms. The highest BCUT2D eigenvalue weighted by molar-refractivity contribution is 7.99. The lowest BCUT2D eigenvalue weighted by Gasteiger charge is -2.01. The van der Waals surface area contributed by atoms with Crippen LogP contribution >= 0.6 is 11.8 Å². The van der Waals surface area contributed by atoms with Gasteiger partial charge in [0.2, 0.25) is 17.6 Å². The highest BCUT2D eigenvalue weighted by Gasteiger charge is 2.20. The zero-order valence-electron chi connectivity index (χ0n) is 14.3. The maximum absolute atomic E-state index is 5.79. The van der Waals surface area contributed by atoms with E-state index in [2.05, 4.69) is 20.3 Å². The van der Waals surface area contributed by atoms with Crippen LogP contribution in [-0.2, 0) is 0 Å². The summed E-state index contributed by atoms with van der Waals surface area (Å²) in [6, 6.07) is 17.6. The molecule has 1 unspecified atom stereocenters. The van der Waals surface area contributed by atoms with Crippen LogP contribution < -0.4 is 0 Å². The Morgan fingerprint density at radius 3 is 2.54 bits per heavy atom. The minimum absolute atomic E-state index is 0.106. The van der Waals surface area contributed by atoms with Gasteiger partial charge in [0.1, 0.15) is 0 Å². The van der Waals surface area contributed by atoms with Crippen molar-refractivity contribution >= 4 is 11.8 Å². The van der Waals surface area contributed by atoms with Gasteiger partial charge in [-0.3, -0.25) is 0 Å². The van der Waals surface area contributed by atoms with Gasteiger partial charge in [0.15, 0.2) is 0 Å². The zero-order valence-corrected chi connectivity index (χ0v) is 15.1. The number of nitrogens with zero attached hydrogens (tertiary/aromatic N) is 4. The third-order valence-corrected chi connectivity index (χ3v) is 4.80. The lowest BCUT2D eigenvalue weighted by atomic mass is 10.1. The van der Waals surface area contributed by atoms with Crippen LogP contribution in [0, 0.1) is 6.92 Å². The van der Waals surface area contributed by atoms with Gasteiger partial charge >= 0.3 is 0 Å². The van der Waals surface area contributed by atoms with Gasteiger partial charge < -0.3 is 8.94 Å². The number of hydrogen-bond donors (Lipinski definition) is 0. The van der Waals surface area contributed by atoms with Gasteiger partial charge in [-0.15, -0.1) is 10.2 Å². The summed E-state index contributed by atoms with van der Waals surface area (Å²) in [6.07, 6.45) is 0. The number of benzene rings is 2. The first kappa shape index (κ1) is 16.5. The van der Waals surface area contributed by atoms with E-state index < -0.39 is 0 Å². The summed E-state index contributed by atoms with van der Waals surface area (Å²) >= 11 is 1.39. The van der Waals surface area contributed by atoms with Crippen molar-refractivity contribution in [2.24, 2.45) is 0 Å². The molecular formula is C19H16N4O2S. The Morgan fingerprint density at radius 1 is 0.962 bits per heavy atom. The van der Waals surface area contributed by atoms with E-state index in [0.29, 0.717) is 22.8 Å². The molecule has 2 aromatic carbocycles. The summed E-state index contributed by atoms with van der Waals surface area (Å²) in [5.41, 5.74) is 2.94. The van der Waals surface area contributed by atoms with E-state index in [4.69, 9.17) is 8.94 Å². The van der Waals surface area contributed by atoms with Crippen LogP contribution in [0.15, 0.2) is 68.8 Å². The Hall–Kier alpha value is -2.93. The minimum atomic E-state index is -0.106. The van der Waals surface area contributed by atoms with E-state index >= 15 is 0 Å². The van der Waals surface area contributed by atoms with Gasteiger partial charge in [-0.25, -0.2) is 0 Å². The topological polar surface area (TPSA) is 77.8 Å². The van der Waals surface area contributed by atoms with Crippen LogP contribution in [0.2, 0.25) is 0 Å². The molecule has 2 heterocycles. The molecule has 130 valence electrons.